The van der Waals surface area contributed by atoms with Crippen molar-refractivity contribution in [2.45, 2.75) is 38.1 Å². The standard InChI is InChI=1S/C21H30N2O/c1-23(2)19(16-6-4-3-5-7-16)13-22-21(24)20-17-9-14-8-15(11-17)12-18(20)10-14/h3-7,14-15,17-20H,8-13H2,1-2H3,(H,22,24). The molecule has 3 nitrogen and oxygen atoms in total. The second kappa shape index (κ2) is 6.51. The molecule has 4 bridgehead atoms. The minimum atomic E-state index is 0.243. The van der Waals surface area contributed by atoms with Crippen LogP contribution in [0.25, 0.3) is 0 Å². The smallest absolute Gasteiger partial charge is 0.223 e. The van der Waals surface area contributed by atoms with Crippen LogP contribution in [0.2, 0.25) is 0 Å². The topological polar surface area (TPSA) is 32.3 Å². The predicted molar refractivity (Wildman–Crippen MR) is 96.4 cm³/mol. The highest BCUT2D eigenvalue weighted by atomic mass is 16.1. The summed E-state index contributed by atoms with van der Waals surface area (Å²) in [5, 5.41) is 3.31. The van der Waals surface area contributed by atoms with Crippen molar-refractivity contribution >= 4 is 5.91 Å². The largest absolute Gasteiger partial charge is 0.354 e. The summed E-state index contributed by atoms with van der Waals surface area (Å²) in [5.74, 6) is 3.79. The second-order valence-corrected chi connectivity index (χ2v) is 8.59. The Morgan fingerprint density at radius 1 is 1.04 bits per heavy atom. The minimum absolute atomic E-state index is 0.243. The molecule has 1 aromatic carbocycles. The molecule has 0 aromatic heterocycles. The predicted octanol–water partition coefficient (Wildman–Crippen LogP) is 3.48. The van der Waals surface area contributed by atoms with Gasteiger partial charge < -0.3 is 10.2 Å². The van der Waals surface area contributed by atoms with Crippen LogP contribution in [0, 0.1) is 29.6 Å². The van der Waals surface area contributed by atoms with E-state index in [1.54, 1.807) is 0 Å². The van der Waals surface area contributed by atoms with Gasteiger partial charge in [0.05, 0.1) is 6.04 Å². The Kier molecular flexibility index (Phi) is 4.38. The molecule has 1 amide bonds. The highest BCUT2D eigenvalue weighted by Gasteiger charge is 2.50. The zero-order chi connectivity index (χ0) is 16.7. The molecule has 4 aliphatic rings. The van der Waals surface area contributed by atoms with Gasteiger partial charge in [0.1, 0.15) is 0 Å². The zero-order valence-electron chi connectivity index (χ0n) is 14.9. The normalized spacial score (nSPS) is 35.2. The summed E-state index contributed by atoms with van der Waals surface area (Å²) in [7, 11) is 4.18. The molecule has 0 spiro atoms. The fourth-order valence-electron chi connectivity index (χ4n) is 5.94. The summed E-state index contributed by atoms with van der Waals surface area (Å²) in [6.07, 6.45) is 6.67. The van der Waals surface area contributed by atoms with Crippen LogP contribution in [-0.2, 0) is 4.79 Å². The monoisotopic (exact) mass is 326 g/mol. The maximum Gasteiger partial charge on any atom is 0.223 e. The summed E-state index contributed by atoms with van der Waals surface area (Å²) >= 11 is 0. The highest BCUT2D eigenvalue weighted by Crippen LogP contribution is 2.56. The van der Waals surface area contributed by atoms with Crippen LogP contribution in [0.15, 0.2) is 30.3 Å². The Hall–Kier alpha value is -1.35. The van der Waals surface area contributed by atoms with Gasteiger partial charge in [0.15, 0.2) is 0 Å². The van der Waals surface area contributed by atoms with E-state index in [0.717, 1.165) is 11.8 Å². The number of likely N-dealkylation sites (N-methyl/N-ethyl adjacent to an activating group) is 1. The van der Waals surface area contributed by atoms with Crippen LogP contribution < -0.4 is 5.32 Å². The van der Waals surface area contributed by atoms with E-state index in [9.17, 15) is 4.79 Å². The SMILES string of the molecule is CN(C)C(CNC(=O)C1C2CC3CC(C2)CC1C3)c1ccccc1. The average Bonchev–Trinajstić information content (AvgIpc) is 2.54. The van der Waals surface area contributed by atoms with Crippen molar-refractivity contribution in [3.8, 4) is 0 Å². The first-order valence-corrected chi connectivity index (χ1v) is 9.61. The van der Waals surface area contributed by atoms with Crippen LogP contribution in [0.5, 0.6) is 0 Å². The minimum Gasteiger partial charge on any atom is -0.354 e. The van der Waals surface area contributed by atoms with Gasteiger partial charge in [-0.3, -0.25) is 4.79 Å². The van der Waals surface area contributed by atoms with Gasteiger partial charge in [0.2, 0.25) is 5.91 Å². The molecule has 1 unspecified atom stereocenters. The molecule has 1 aromatic rings. The van der Waals surface area contributed by atoms with E-state index in [1.807, 2.05) is 6.07 Å². The van der Waals surface area contributed by atoms with Crippen molar-refractivity contribution in [1.82, 2.24) is 10.2 Å². The Labute approximate surface area is 145 Å². The van der Waals surface area contributed by atoms with Gasteiger partial charge >= 0.3 is 0 Å². The molecular weight excluding hydrogens is 296 g/mol. The fraction of sp³-hybridized carbons (Fsp3) is 0.667. The molecule has 1 atom stereocenters. The average molecular weight is 326 g/mol. The van der Waals surface area contributed by atoms with Gasteiger partial charge in [-0.05, 0) is 75.4 Å². The van der Waals surface area contributed by atoms with Gasteiger partial charge in [-0.2, -0.15) is 0 Å². The number of hydrogen-bond donors (Lipinski definition) is 1. The van der Waals surface area contributed by atoms with Gasteiger partial charge in [-0.25, -0.2) is 0 Å². The van der Waals surface area contributed by atoms with E-state index in [-0.39, 0.29) is 12.0 Å². The first-order valence-electron chi connectivity index (χ1n) is 9.61. The summed E-state index contributed by atoms with van der Waals surface area (Å²) < 4.78 is 0. The number of benzene rings is 1. The number of nitrogens with zero attached hydrogens (tertiary/aromatic N) is 1. The van der Waals surface area contributed by atoms with E-state index < -0.39 is 0 Å². The number of hydrogen-bond acceptors (Lipinski definition) is 2. The second-order valence-electron chi connectivity index (χ2n) is 8.59. The number of nitrogens with one attached hydrogen (secondary N) is 1. The Morgan fingerprint density at radius 2 is 1.62 bits per heavy atom. The molecule has 0 heterocycles. The van der Waals surface area contributed by atoms with Crippen molar-refractivity contribution in [3.05, 3.63) is 35.9 Å². The van der Waals surface area contributed by atoms with E-state index in [4.69, 9.17) is 0 Å². The molecule has 0 radical (unpaired) electrons. The molecule has 4 aliphatic carbocycles. The Morgan fingerprint density at radius 3 is 2.17 bits per heavy atom. The summed E-state index contributed by atoms with van der Waals surface area (Å²) in [5.41, 5.74) is 1.27. The lowest BCUT2D eigenvalue weighted by Gasteiger charge is -2.53. The van der Waals surface area contributed by atoms with Crippen LogP contribution in [0.3, 0.4) is 0 Å². The molecular formula is C21H30N2O. The fourth-order valence-corrected chi connectivity index (χ4v) is 5.94. The van der Waals surface area contributed by atoms with Crippen LogP contribution >= 0.6 is 0 Å². The molecule has 130 valence electrons. The van der Waals surface area contributed by atoms with Crippen molar-refractivity contribution in [2.75, 3.05) is 20.6 Å². The van der Waals surface area contributed by atoms with Crippen molar-refractivity contribution in [2.24, 2.45) is 29.6 Å². The van der Waals surface area contributed by atoms with E-state index in [1.165, 1.54) is 37.7 Å². The third kappa shape index (κ3) is 2.99. The molecule has 4 fully saturated rings. The van der Waals surface area contributed by atoms with Crippen LogP contribution in [0.1, 0.15) is 43.7 Å². The zero-order valence-corrected chi connectivity index (χ0v) is 14.9. The molecule has 3 heteroatoms. The molecule has 0 aliphatic heterocycles. The Balaban J connectivity index is 1.41. The van der Waals surface area contributed by atoms with Gasteiger partial charge in [-0.1, -0.05) is 30.3 Å². The molecule has 4 saturated carbocycles. The molecule has 1 N–H and O–H groups in total. The third-order valence-corrected chi connectivity index (χ3v) is 6.81. The van der Waals surface area contributed by atoms with Crippen molar-refractivity contribution < 1.29 is 4.79 Å². The van der Waals surface area contributed by atoms with Crippen LogP contribution in [-0.4, -0.2) is 31.4 Å². The van der Waals surface area contributed by atoms with Gasteiger partial charge in [0, 0.05) is 12.5 Å². The lowest BCUT2D eigenvalue weighted by molar-refractivity contribution is -0.138. The maximum atomic E-state index is 13.0. The summed E-state index contributed by atoms with van der Waals surface area (Å²) in [6.45, 7) is 0.707. The quantitative estimate of drug-likeness (QED) is 0.898. The third-order valence-electron chi connectivity index (χ3n) is 6.81. The summed E-state index contributed by atoms with van der Waals surface area (Å²) in [4.78, 5) is 15.2. The summed E-state index contributed by atoms with van der Waals surface area (Å²) in [6, 6.07) is 10.7. The lowest BCUT2D eigenvalue weighted by Crippen LogP contribution is -2.51. The molecule has 0 saturated heterocycles. The highest BCUT2D eigenvalue weighted by molar-refractivity contribution is 5.79. The Bertz CT molecular complexity index is 555. The van der Waals surface area contributed by atoms with E-state index in [2.05, 4.69) is 48.6 Å². The van der Waals surface area contributed by atoms with E-state index >= 15 is 0 Å². The first-order chi connectivity index (χ1) is 11.6. The maximum absolute atomic E-state index is 13.0. The first kappa shape index (κ1) is 16.1. The number of carbonyl (C=O) groups excluding carboxylic acids is 1. The molecule has 5 rings (SSSR count). The number of rotatable bonds is 5. The van der Waals surface area contributed by atoms with Gasteiger partial charge in [-0.15, -0.1) is 0 Å². The van der Waals surface area contributed by atoms with Crippen molar-refractivity contribution in [3.63, 3.8) is 0 Å². The van der Waals surface area contributed by atoms with Gasteiger partial charge in [0.25, 0.3) is 0 Å². The number of amides is 1. The lowest BCUT2D eigenvalue weighted by atomic mass is 9.51. The number of carbonyl (C=O) groups is 1. The van der Waals surface area contributed by atoms with E-state index in [0.29, 0.717) is 24.3 Å². The van der Waals surface area contributed by atoms with Crippen LogP contribution in [0.4, 0.5) is 0 Å². The molecule has 24 heavy (non-hydrogen) atoms. The van der Waals surface area contributed by atoms with Crippen molar-refractivity contribution in [1.29, 1.82) is 0 Å².